The number of phenols is 1. The summed E-state index contributed by atoms with van der Waals surface area (Å²) in [5, 5.41) is 20.5. The highest BCUT2D eigenvalue weighted by Gasteiger charge is 2.13. The Hall–Kier alpha value is -2.30. The number of rotatable bonds is 8. The third-order valence-corrected chi connectivity index (χ3v) is 4.77. The molecule has 0 bridgehead atoms. The highest BCUT2D eigenvalue weighted by atomic mass is 16.3. The number of likely N-dealkylation sites (N-methyl/N-ethyl adjacent to an activating group) is 1. The lowest BCUT2D eigenvalue weighted by Crippen LogP contribution is -2.25. The van der Waals surface area contributed by atoms with Crippen molar-refractivity contribution in [1.29, 1.82) is 0 Å². The highest BCUT2D eigenvalue weighted by Crippen LogP contribution is 2.30. The van der Waals surface area contributed by atoms with Gasteiger partial charge >= 0.3 is 0 Å². The number of benzene rings is 2. The Balaban J connectivity index is 1.77. The lowest BCUT2D eigenvalue weighted by Gasteiger charge is -2.20. The average molecular weight is 338 g/mol. The summed E-state index contributed by atoms with van der Waals surface area (Å²) in [5.41, 5.74) is 4.37. The number of nitrogens with zero attached hydrogens (tertiary/aromatic N) is 1. The number of hydrogen-bond donors (Lipinski definition) is 3. The first-order chi connectivity index (χ1) is 12.2. The van der Waals surface area contributed by atoms with Gasteiger partial charge in [-0.2, -0.15) is 0 Å². The fourth-order valence-electron chi connectivity index (χ4n) is 3.39. The third-order valence-electron chi connectivity index (χ3n) is 4.77. The van der Waals surface area contributed by atoms with Crippen LogP contribution in [0, 0.1) is 0 Å². The largest absolute Gasteiger partial charge is 0.508 e. The van der Waals surface area contributed by atoms with Gasteiger partial charge in [0.25, 0.3) is 0 Å². The van der Waals surface area contributed by atoms with Gasteiger partial charge in [-0.05, 0) is 42.6 Å². The summed E-state index contributed by atoms with van der Waals surface area (Å²) in [6.07, 6.45) is 3.40. The number of fused-ring (bicyclic) bond motifs is 1. The van der Waals surface area contributed by atoms with E-state index in [-0.39, 0.29) is 12.4 Å². The predicted molar refractivity (Wildman–Crippen MR) is 102 cm³/mol. The quantitative estimate of drug-likeness (QED) is 0.589. The number of aromatic amines is 1. The van der Waals surface area contributed by atoms with Gasteiger partial charge in [0, 0.05) is 42.4 Å². The lowest BCUT2D eigenvalue weighted by atomic mass is 10.0. The van der Waals surface area contributed by atoms with E-state index in [1.165, 1.54) is 11.1 Å². The van der Waals surface area contributed by atoms with Gasteiger partial charge in [-0.1, -0.05) is 37.3 Å². The molecule has 0 atom stereocenters. The molecule has 0 radical (unpaired) electrons. The van der Waals surface area contributed by atoms with Crippen LogP contribution in [0.5, 0.6) is 5.75 Å². The first-order valence-electron chi connectivity index (χ1n) is 8.91. The Morgan fingerprint density at radius 2 is 1.84 bits per heavy atom. The van der Waals surface area contributed by atoms with E-state index < -0.39 is 0 Å². The molecule has 4 heteroatoms. The zero-order chi connectivity index (χ0) is 17.6. The second-order valence-corrected chi connectivity index (χ2v) is 6.38. The Morgan fingerprint density at radius 3 is 2.56 bits per heavy atom. The van der Waals surface area contributed by atoms with E-state index in [9.17, 15) is 10.2 Å². The number of nitrogens with one attached hydrogen (secondary N) is 1. The smallest absolute Gasteiger partial charge is 0.119 e. The maximum atomic E-state index is 10.2. The van der Waals surface area contributed by atoms with Crippen LogP contribution in [0.4, 0.5) is 0 Å². The molecule has 3 N–H and O–H groups in total. The molecule has 2 aromatic carbocycles. The molecule has 132 valence electrons. The van der Waals surface area contributed by atoms with Crippen molar-refractivity contribution in [3.05, 3.63) is 65.4 Å². The van der Waals surface area contributed by atoms with E-state index in [4.69, 9.17) is 0 Å². The van der Waals surface area contributed by atoms with Crippen molar-refractivity contribution in [3.8, 4) is 5.75 Å². The van der Waals surface area contributed by atoms with Crippen LogP contribution in [0.1, 0.15) is 23.6 Å². The molecule has 0 amide bonds. The van der Waals surface area contributed by atoms with Gasteiger partial charge in [0.2, 0.25) is 0 Å². The summed E-state index contributed by atoms with van der Waals surface area (Å²) in [5.74, 6) is 0.263. The molecule has 0 spiro atoms. The number of aliphatic hydroxyl groups excluding tert-OH is 1. The molecule has 1 aromatic heterocycles. The molecule has 3 aromatic rings. The van der Waals surface area contributed by atoms with E-state index in [0.717, 1.165) is 42.5 Å². The Bertz CT molecular complexity index is 811. The maximum absolute atomic E-state index is 10.2. The van der Waals surface area contributed by atoms with Gasteiger partial charge in [0.15, 0.2) is 0 Å². The van der Waals surface area contributed by atoms with Crippen molar-refractivity contribution in [3.63, 3.8) is 0 Å². The topological polar surface area (TPSA) is 59.5 Å². The molecule has 25 heavy (non-hydrogen) atoms. The molecule has 0 saturated heterocycles. The Labute approximate surface area is 148 Å². The first kappa shape index (κ1) is 17.5. The van der Waals surface area contributed by atoms with E-state index in [1.54, 1.807) is 6.07 Å². The Kier molecular flexibility index (Phi) is 5.74. The van der Waals surface area contributed by atoms with E-state index >= 15 is 0 Å². The van der Waals surface area contributed by atoms with Gasteiger partial charge in [-0.15, -0.1) is 0 Å². The molecule has 0 saturated carbocycles. The summed E-state index contributed by atoms with van der Waals surface area (Å²) < 4.78 is 0. The number of aromatic nitrogens is 1. The maximum Gasteiger partial charge on any atom is 0.119 e. The minimum atomic E-state index is 0.0341. The lowest BCUT2D eigenvalue weighted by molar-refractivity contribution is 0.284. The zero-order valence-corrected chi connectivity index (χ0v) is 14.7. The van der Waals surface area contributed by atoms with Gasteiger partial charge in [-0.25, -0.2) is 0 Å². The summed E-state index contributed by atoms with van der Waals surface area (Å²) in [7, 11) is 0. The van der Waals surface area contributed by atoms with Crippen molar-refractivity contribution in [1.82, 2.24) is 9.88 Å². The second kappa shape index (κ2) is 8.19. The fraction of sp³-hybridized carbons (Fsp3) is 0.333. The molecule has 0 aliphatic heterocycles. The molecule has 3 rings (SSSR count). The molecule has 0 fully saturated rings. The summed E-state index contributed by atoms with van der Waals surface area (Å²) in [6.45, 7) is 5.10. The van der Waals surface area contributed by atoms with Crippen molar-refractivity contribution in [2.24, 2.45) is 0 Å². The van der Waals surface area contributed by atoms with Crippen molar-refractivity contribution in [2.75, 3.05) is 19.7 Å². The van der Waals surface area contributed by atoms with Crippen LogP contribution >= 0.6 is 0 Å². The predicted octanol–water partition coefficient (Wildman–Crippen LogP) is 3.47. The highest BCUT2D eigenvalue weighted by molar-refractivity contribution is 5.88. The third kappa shape index (κ3) is 4.03. The van der Waals surface area contributed by atoms with Crippen LogP contribution in [0.25, 0.3) is 10.9 Å². The molecule has 0 aliphatic carbocycles. The average Bonchev–Trinajstić information content (AvgIpc) is 3.05. The van der Waals surface area contributed by atoms with Crippen LogP contribution in [0.2, 0.25) is 0 Å². The Morgan fingerprint density at radius 1 is 1.04 bits per heavy atom. The minimum absolute atomic E-state index is 0.0341. The van der Waals surface area contributed by atoms with Gasteiger partial charge in [0.1, 0.15) is 5.75 Å². The normalized spacial score (nSPS) is 11.5. The van der Waals surface area contributed by atoms with Crippen LogP contribution in [0.3, 0.4) is 0 Å². The number of phenolic OH excluding ortho intramolecular Hbond substituents is 1. The molecular weight excluding hydrogens is 312 g/mol. The summed E-state index contributed by atoms with van der Waals surface area (Å²) in [4.78, 5) is 5.71. The standard InChI is InChI=1S/C21H26N2O2/c1-2-23(15-16-6-4-3-5-7-16)12-10-17-14-22-19-8-9-20(25)18(11-13-24)21(17)19/h3-9,14,22,24-25H,2,10-13,15H2,1H3. The second-order valence-electron chi connectivity index (χ2n) is 6.38. The first-order valence-corrected chi connectivity index (χ1v) is 8.91. The number of H-pyrrole nitrogens is 1. The minimum Gasteiger partial charge on any atom is -0.508 e. The fourth-order valence-corrected chi connectivity index (χ4v) is 3.39. The molecule has 0 unspecified atom stereocenters. The monoisotopic (exact) mass is 338 g/mol. The van der Waals surface area contributed by atoms with Crippen molar-refractivity contribution >= 4 is 10.9 Å². The van der Waals surface area contributed by atoms with E-state index in [1.807, 2.05) is 18.3 Å². The van der Waals surface area contributed by atoms with E-state index in [0.29, 0.717) is 6.42 Å². The summed E-state index contributed by atoms with van der Waals surface area (Å²) >= 11 is 0. The zero-order valence-electron chi connectivity index (χ0n) is 14.7. The molecule has 0 aliphatic rings. The number of hydrogen-bond acceptors (Lipinski definition) is 3. The van der Waals surface area contributed by atoms with E-state index in [2.05, 4.69) is 41.1 Å². The van der Waals surface area contributed by atoms with Crippen LogP contribution < -0.4 is 0 Å². The van der Waals surface area contributed by atoms with Crippen molar-refractivity contribution in [2.45, 2.75) is 26.3 Å². The van der Waals surface area contributed by atoms with Crippen molar-refractivity contribution < 1.29 is 10.2 Å². The number of aromatic hydroxyl groups is 1. The van der Waals surface area contributed by atoms with Gasteiger partial charge in [0.05, 0.1) is 0 Å². The van der Waals surface area contributed by atoms with Crippen LogP contribution in [-0.4, -0.2) is 39.8 Å². The van der Waals surface area contributed by atoms with Gasteiger partial charge in [-0.3, -0.25) is 4.90 Å². The molecule has 4 nitrogen and oxygen atoms in total. The molecular formula is C21H26N2O2. The van der Waals surface area contributed by atoms with Gasteiger partial charge < -0.3 is 15.2 Å². The van der Waals surface area contributed by atoms with Crippen LogP contribution in [0.15, 0.2) is 48.7 Å². The van der Waals surface area contributed by atoms with Crippen LogP contribution in [-0.2, 0) is 19.4 Å². The molecule has 1 heterocycles. The summed E-state index contributed by atoms with van der Waals surface area (Å²) in [6, 6.07) is 14.1. The number of aliphatic hydroxyl groups is 1. The SMILES string of the molecule is CCN(CCc1c[nH]c2ccc(O)c(CCO)c12)Cc1ccccc1.